The Morgan fingerprint density at radius 1 is 0.933 bits per heavy atom. The van der Waals surface area contributed by atoms with Gasteiger partial charge in [0.25, 0.3) is 5.91 Å². The van der Waals surface area contributed by atoms with Crippen LogP contribution in [0.5, 0.6) is 5.75 Å². The van der Waals surface area contributed by atoms with E-state index in [9.17, 15) is 14.4 Å². The number of hydrogen-bond acceptors (Lipinski definition) is 5. The Labute approximate surface area is 175 Å². The van der Waals surface area contributed by atoms with Crippen LogP contribution in [0.15, 0.2) is 48.5 Å². The minimum absolute atomic E-state index is 0.0462. The van der Waals surface area contributed by atoms with Crippen molar-refractivity contribution in [2.75, 3.05) is 24.3 Å². The number of urea groups is 1. The molecule has 0 atom stereocenters. The number of rotatable bonds is 7. The normalized spacial score (nSPS) is 13.4. The smallest absolute Gasteiger partial charge is 0.321 e. The fourth-order valence-electron chi connectivity index (χ4n) is 3.26. The van der Waals surface area contributed by atoms with Crippen LogP contribution in [-0.4, -0.2) is 37.5 Å². The van der Waals surface area contributed by atoms with Gasteiger partial charge in [0.15, 0.2) is 0 Å². The van der Waals surface area contributed by atoms with Gasteiger partial charge in [-0.1, -0.05) is 12.8 Å². The number of carbonyl (C=O) groups is 3. The molecule has 0 saturated heterocycles. The van der Waals surface area contributed by atoms with Crippen LogP contribution in [0.2, 0.25) is 0 Å². The molecule has 0 aliphatic heterocycles. The third-order valence-corrected chi connectivity index (χ3v) is 4.89. The average molecular weight is 410 g/mol. The van der Waals surface area contributed by atoms with Crippen molar-refractivity contribution in [3.05, 3.63) is 54.1 Å². The van der Waals surface area contributed by atoms with E-state index >= 15 is 0 Å². The Morgan fingerprint density at radius 2 is 1.57 bits per heavy atom. The first kappa shape index (κ1) is 21.2. The summed E-state index contributed by atoms with van der Waals surface area (Å²) in [5.74, 6) is 0.0448. The van der Waals surface area contributed by atoms with Crippen molar-refractivity contribution in [2.45, 2.75) is 31.7 Å². The average Bonchev–Trinajstić information content (AvgIpc) is 3.26. The van der Waals surface area contributed by atoms with Gasteiger partial charge in [0, 0.05) is 23.0 Å². The van der Waals surface area contributed by atoms with E-state index in [2.05, 4.69) is 21.3 Å². The standard InChI is InChI=1S/C22H26N4O4/c1-30-19-12-10-18(11-13-19)24-21(28)15-6-8-16(9-7-15)23-14-20(27)26-22(29)25-17-4-2-3-5-17/h6-13,17,23H,2-5,14H2,1H3,(H,24,28)(H2,25,26,27,29). The van der Waals surface area contributed by atoms with Gasteiger partial charge in [-0.15, -0.1) is 0 Å². The second-order valence-electron chi connectivity index (χ2n) is 7.12. The molecule has 1 saturated carbocycles. The maximum absolute atomic E-state index is 12.3. The summed E-state index contributed by atoms with van der Waals surface area (Å²) in [6.45, 7) is -0.0462. The molecule has 0 bridgehead atoms. The third kappa shape index (κ3) is 6.23. The maximum atomic E-state index is 12.3. The lowest BCUT2D eigenvalue weighted by atomic mass is 10.2. The summed E-state index contributed by atoms with van der Waals surface area (Å²) in [6, 6.07) is 13.5. The molecule has 4 N–H and O–H groups in total. The number of imide groups is 1. The number of anilines is 2. The van der Waals surface area contributed by atoms with Crippen LogP contribution in [0, 0.1) is 0 Å². The molecule has 2 aromatic rings. The summed E-state index contributed by atoms with van der Waals surface area (Å²) in [6.07, 6.45) is 4.12. The van der Waals surface area contributed by atoms with Gasteiger partial charge >= 0.3 is 6.03 Å². The number of benzene rings is 2. The predicted molar refractivity (Wildman–Crippen MR) is 115 cm³/mol. The molecule has 2 aromatic carbocycles. The molecule has 0 unspecified atom stereocenters. The molecule has 1 aliphatic rings. The largest absolute Gasteiger partial charge is 0.497 e. The molecule has 4 amide bonds. The lowest BCUT2D eigenvalue weighted by molar-refractivity contribution is -0.118. The number of ether oxygens (including phenoxy) is 1. The van der Waals surface area contributed by atoms with Gasteiger partial charge in [-0.3, -0.25) is 14.9 Å². The zero-order valence-corrected chi connectivity index (χ0v) is 16.9. The molecule has 0 heterocycles. The zero-order valence-electron chi connectivity index (χ0n) is 16.9. The van der Waals surface area contributed by atoms with Crippen LogP contribution < -0.4 is 26.0 Å². The second kappa shape index (κ2) is 10.3. The lowest BCUT2D eigenvalue weighted by Crippen LogP contribution is -2.45. The van der Waals surface area contributed by atoms with Crippen LogP contribution in [0.4, 0.5) is 16.2 Å². The van der Waals surface area contributed by atoms with Crippen molar-refractivity contribution in [1.29, 1.82) is 0 Å². The van der Waals surface area contributed by atoms with Crippen molar-refractivity contribution in [1.82, 2.24) is 10.6 Å². The third-order valence-electron chi connectivity index (χ3n) is 4.89. The molecule has 0 aromatic heterocycles. The lowest BCUT2D eigenvalue weighted by Gasteiger charge is -2.13. The van der Waals surface area contributed by atoms with E-state index < -0.39 is 11.9 Å². The quantitative estimate of drug-likeness (QED) is 0.561. The van der Waals surface area contributed by atoms with Crippen LogP contribution in [0.25, 0.3) is 0 Å². The van der Waals surface area contributed by atoms with Crippen LogP contribution >= 0.6 is 0 Å². The highest BCUT2D eigenvalue weighted by atomic mass is 16.5. The molecular formula is C22H26N4O4. The van der Waals surface area contributed by atoms with Crippen molar-refractivity contribution in [3.63, 3.8) is 0 Å². The molecule has 8 heteroatoms. The molecule has 1 aliphatic carbocycles. The highest BCUT2D eigenvalue weighted by Gasteiger charge is 2.18. The molecule has 8 nitrogen and oxygen atoms in total. The number of carbonyl (C=O) groups excluding carboxylic acids is 3. The summed E-state index contributed by atoms with van der Waals surface area (Å²) in [5.41, 5.74) is 1.81. The Bertz CT molecular complexity index is 875. The van der Waals surface area contributed by atoms with E-state index in [0.29, 0.717) is 22.7 Å². The molecular weight excluding hydrogens is 384 g/mol. The van der Waals surface area contributed by atoms with Gasteiger partial charge < -0.3 is 20.7 Å². The predicted octanol–water partition coefficient (Wildman–Crippen LogP) is 3.13. The summed E-state index contributed by atoms with van der Waals surface area (Å²) in [5, 5.41) is 10.9. The van der Waals surface area contributed by atoms with Crippen molar-refractivity contribution < 1.29 is 19.1 Å². The minimum Gasteiger partial charge on any atom is -0.497 e. The molecule has 0 spiro atoms. The fraction of sp³-hybridized carbons (Fsp3) is 0.318. The number of hydrogen-bond donors (Lipinski definition) is 4. The van der Waals surface area contributed by atoms with E-state index in [1.165, 1.54) is 0 Å². The molecule has 158 valence electrons. The topological polar surface area (TPSA) is 109 Å². The first-order valence-corrected chi connectivity index (χ1v) is 9.93. The molecule has 0 radical (unpaired) electrons. The molecule has 1 fully saturated rings. The molecule has 3 rings (SSSR count). The Kier molecular flexibility index (Phi) is 7.26. The van der Waals surface area contributed by atoms with Crippen molar-refractivity contribution in [2.24, 2.45) is 0 Å². The highest BCUT2D eigenvalue weighted by molar-refractivity contribution is 6.04. The first-order valence-electron chi connectivity index (χ1n) is 9.93. The van der Waals surface area contributed by atoms with Gasteiger partial charge in [-0.25, -0.2) is 4.79 Å². The van der Waals surface area contributed by atoms with Crippen molar-refractivity contribution >= 4 is 29.2 Å². The highest BCUT2D eigenvalue weighted by Crippen LogP contribution is 2.18. The minimum atomic E-state index is -0.459. The van der Waals surface area contributed by atoms with E-state index in [0.717, 1.165) is 25.7 Å². The summed E-state index contributed by atoms with van der Waals surface area (Å²) >= 11 is 0. The zero-order chi connectivity index (χ0) is 21.3. The van der Waals surface area contributed by atoms with E-state index in [1.807, 2.05) is 0 Å². The Balaban J connectivity index is 1.43. The monoisotopic (exact) mass is 410 g/mol. The first-order chi connectivity index (χ1) is 14.5. The van der Waals surface area contributed by atoms with Gasteiger partial charge in [-0.2, -0.15) is 0 Å². The van der Waals surface area contributed by atoms with Gasteiger partial charge in [0.2, 0.25) is 5.91 Å². The van der Waals surface area contributed by atoms with E-state index in [4.69, 9.17) is 4.74 Å². The van der Waals surface area contributed by atoms with Crippen LogP contribution in [0.3, 0.4) is 0 Å². The fourth-order valence-corrected chi connectivity index (χ4v) is 3.26. The Hall–Kier alpha value is -3.55. The summed E-state index contributed by atoms with van der Waals surface area (Å²) in [4.78, 5) is 36.1. The second-order valence-corrected chi connectivity index (χ2v) is 7.12. The van der Waals surface area contributed by atoms with E-state index in [1.54, 1.807) is 55.6 Å². The number of amides is 4. The van der Waals surface area contributed by atoms with E-state index in [-0.39, 0.29) is 18.5 Å². The van der Waals surface area contributed by atoms with Crippen molar-refractivity contribution in [3.8, 4) is 5.75 Å². The number of methoxy groups -OCH3 is 1. The Morgan fingerprint density at radius 3 is 2.20 bits per heavy atom. The van der Waals surface area contributed by atoms with Gasteiger partial charge in [-0.05, 0) is 61.4 Å². The van der Waals surface area contributed by atoms with Crippen LogP contribution in [-0.2, 0) is 4.79 Å². The maximum Gasteiger partial charge on any atom is 0.321 e. The number of nitrogens with one attached hydrogen (secondary N) is 4. The van der Waals surface area contributed by atoms with Gasteiger partial charge in [0.1, 0.15) is 5.75 Å². The van der Waals surface area contributed by atoms with Gasteiger partial charge in [0.05, 0.1) is 13.7 Å². The molecule has 30 heavy (non-hydrogen) atoms. The summed E-state index contributed by atoms with van der Waals surface area (Å²) in [7, 11) is 1.58. The van der Waals surface area contributed by atoms with Crippen LogP contribution in [0.1, 0.15) is 36.0 Å². The summed E-state index contributed by atoms with van der Waals surface area (Å²) < 4.78 is 5.09. The SMILES string of the molecule is COc1ccc(NC(=O)c2ccc(NCC(=O)NC(=O)NC3CCCC3)cc2)cc1.